The Hall–Kier alpha value is -2.03. The summed E-state index contributed by atoms with van der Waals surface area (Å²) in [5, 5.41) is -0.0328. The summed E-state index contributed by atoms with van der Waals surface area (Å²) in [6.45, 7) is 1.10. The molecule has 0 unspecified atom stereocenters. The first kappa shape index (κ1) is 18.8. The van der Waals surface area contributed by atoms with Crippen LogP contribution in [-0.4, -0.2) is 37.7 Å². The summed E-state index contributed by atoms with van der Waals surface area (Å²) in [6.07, 6.45) is -3.18. The Morgan fingerprint density at radius 1 is 1.31 bits per heavy atom. The van der Waals surface area contributed by atoms with Crippen LogP contribution in [0, 0.1) is 5.92 Å². The van der Waals surface area contributed by atoms with Crippen LogP contribution in [0.5, 0.6) is 0 Å². The number of nitrogens with one attached hydrogen (secondary N) is 1. The number of rotatable bonds is 3. The molecule has 1 aromatic heterocycles. The first-order valence-corrected chi connectivity index (χ1v) is 8.54. The van der Waals surface area contributed by atoms with Gasteiger partial charge in [-0.15, -0.1) is 0 Å². The van der Waals surface area contributed by atoms with E-state index in [1.165, 1.54) is 0 Å². The Morgan fingerprint density at radius 2 is 2.00 bits per heavy atom. The Bertz CT molecular complexity index is 705. The average molecular weight is 394 g/mol. The Balaban J connectivity index is 1.58. The van der Waals surface area contributed by atoms with Crippen molar-refractivity contribution >= 4 is 29.4 Å². The maximum Gasteiger partial charge on any atom is 0.419 e. The van der Waals surface area contributed by atoms with E-state index in [1.807, 2.05) is 0 Å². The number of cyclic esters (lactones) is 1. The third-order valence-corrected chi connectivity index (χ3v) is 4.78. The highest BCUT2D eigenvalue weighted by Gasteiger charge is 2.37. The number of aromatic amines is 1. The van der Waals surface area contributed by atoms with Crippen LogP contribution in [0.3, 0.4) is 0 Å². The van der Waals surface area contributed by atoms with E-state index >= 15 is 0 Å². The molecule has 0 saturated carbocycles. The van der Waals surface area contributed by atoms with Crippen molar-refractivity contribution < 1.29 is 37.2 Å². The molecule has 1 atom stereocenters. The van der Waals surface area contributed by atoms with Crippen LogP contribution in [0.1, 0.15) is 24.8 Å². The van der Waals surface area contributed by atoms with Crippen molar-refractivity contribution in [3.8, 4) is 0 Å². The molecule has 0 aliphatic carbocycles. The molecule has 142 valence electrons. The van der Waals surface area contributed by atoms with Crippen LogP contribution in [0.25, 0.3) is 0 Å². The molecule has 0 radical (unpaired) electrons. The van der Waals surface area contributed by atoms with Gasteiger partial charge in [0.1, 0.15) is 11.2 Å². The zero-order valence-corrected chi connectivity index (χ0v) is 14.4. The van der Waals surface area contributed by atoms with Gasteiger partial charge in [0, 0.05) is 6.42 Å². The minimum atomic E-state index is -4.48. The molecule has 3 rings (SSSR count). The lowest BCUT2D eigenvalue weighted by Crippen LogP contribution is -2.40. The largest absolute Gasteiger partial charge is 0.463 e. The molecule has 10 heteroatoms. The number of ether oxygens (including phenoxy) is 2. The predicted octanol–water partition coefficient (Wildman–Crippen LogP) is 2.25. The smallest absolute Gasteiger partial charge is 0.419 e. The van der Waals surface area contributed by atoms with Gasteiger partial charge in [-0.25, -0.2) is 9.78 Å². The van der Waals surface area contributed by atoms with E-state index in [0.717, 1.165) is 12.3 Å². The zero-order valence-electron chi connectivity index (χ0n) is 13.6. The molecule has 0 spiro atoms. The van der Waals surface area contributed by atoms with Crippen LogP contribution in [0.4, 0.5) is 19.0 Å². The number of alkyl halides is 3. The molecular formula is C16H17ClF3N2O4+. The summed E-state index contributed by atoms with van der Waals surface area (Å²) >= 11 is 5.98. The fraction of sp³-hybridized carbons (Fsp3) is 0.562. The van der Waals surface area contributed by atoms with Gasteiger partial charge >= 0.3 is 18.1 Å². The zero-order chi connectivity index (χ0) is 18.9. The highest BCUT2D eigenvalue weighted by atomic mass is 35.5. The Kier molecular flexibility index (Phi) is 5.27. The van der Waals surface area contributed by atoms with Crippen LogP contribution < -0.4 is 9.88 Å². The normalized spacial score (nSPS) is 21.6. The van der Waals surface area contributed by atoms with Crippen molar-refractivity contribution in [2.75, 3.05) is 24.6 Å². The number of halogens is 4. The number of hydrogen-bond donors (Lipinski definition) is 0. The van der Waals surface area contributed by atoms with E-state index in [2.05, 4.69) is 4.98 Å². The Morgan fingerprint density at radius 3 is 2.54 bits per heavy atom. The fourth-order valence-corrected chi connectivity index (χ4v) is 3.32. The predicted molar refractivity (Wildman–Crippen MR) is 83.4 cm³/mol. The molecule has 2 aliphatic rings. The van der Waals surface area contributed by atoms with Crippen LogP contribution in [0.15, 0.2) is 12.3 Å². The lowest BCUT2D eigenvalue weighted by atomic mass is 9.97. The second-order valence-corrected chi connectivity index (χ2v) is 6.63. The number of anilines is 1. The van der Waals surface area contributed by atoms with E-state index in [0.29, 0.717) is 38.2 Å². The fourth-order valence-electron chi connectivity index (χ4n) is 3.03. The topological polar surface area (TPSA) is 70.0 Å². The highest BCUT2D eigenvalue weighted by molar-refractivity contribution is 6.32. The molecule has 2 fully saturated rings. The van der Waals surface area contributed by atoms with Gasteiger partial charge in [0.05, 0.1) is 31.2 Å². The van der Waals surface area contributed by atoms with Crippen molar-refractivity contribution in [2.45, 2.75) is 31.5 Å². The molecule has 0 aromatic carbocycles. The number of carbonyl (C=O) groups excluding carboxylic acids is 2. The molecule has 1 aromatic rings. The quantitative estimate of drug-likeness (QED) is 0.737. The minimum Gasteiger partial charge on any atom is -0.463 e. The molecule has 2 aliphatic heterocycles. The number of carbonyl (C=O) groups is 2. The first-order chi connectivity index (χ1) is 12.3. The van der Waals surface area contributed by atoms with Gasteiger partial charge in [0.15, 0.2) is 0 Å². The molecule has 2 saturated heterocycles. The standard InChI is InChI=1S/C16H16ClF3N2O4/c17-11-7-10(16(18,19)20)8-21-13(11)22-4-1-9(2-5-22)14(23)26-12-3-6-25-15(12)24/h7-9,12H,1-6H2/p+1/t12-/m1/s1. The minimum absolute atomic E-state index is 0.0328. The summed E-state index contributed by atoms with van der Waals surface area (Å²) in [4.78, 5) is 27.9. The number of pyridine rings is 1. The second kappa shape index (κ2) is 7.30. The van der Waals surface area contributed by atoms with E-state index in [4.69, 9.17) is 21.1 Å². The van der Waals surface area contributed by atoms with Gasteiger partial charge < -0.3 is 9.47 Å². The maximum atomic E-state index is 12.7. The summed E-state index contributed by atoms with van der Waals surface area (Å²) in [6, 6.07) is 0.874. The lowest BCUT2D eigenvalue weighted by Gasteiger charge is -2.27. The van der Waals surface area contributed by atoms with Crippen molar-refractivity contribution in [1.29, 1.82) is 0 Å². The molecule has 0 bridgehead atoms. The third kappa shape index (κ3) is 4.03. The molecule has 6 nitrogen and oxygen atoms in total. The van der Waals surface area contributed by atoms with Crippen LogP contribution in [-0.2, 0) is 25.2 Å². The van der Waals surface area contributed by atoms with E-state index in [1.54, 1.807) is 4.90 Å². The third-order valence-electron chi connectivity index (χ3n) is 4.49. The van der Waals surface area contributed by atoms with E-state index in [-0.39, 0.29) is 17.5 Å². The molecule has 26 heavy (non-hydrogen) atoms. The number of hydrogen-bond acceptors (Lipinski definition) is 5. The van der Waals surface area contributed by atoms with E-state index < -0.39 is 29.8 Å². The summed E-state index contributed by atoms with van der Waals surface area (Å²) in [5.74, 6) is -0.961. The maximum absolute atomic E-state index is 12.7. The summed E-state index contributed by atoms with van der Waals surface area (Å²) in [5.41, 5.74) is -0.854. The summed E-state index contributed by atoms with van der Waals surface area (Å²) in [7, 11) is 0. The SMILES string of the molecule is O=C(O[C@@H]1CCOC1=O)C1CCN(c2[nH+]cc(C(F)(F)F)cc2Cl)CC1. The van der Waals surface area contributed by atoms with Crippen molar-refractivity contribution in [1.82, 2.24) is 0 Å². The number of esters is 2. The molecular weight excluding hydrogens is 377 g/mol. The number of aromatic nitrogens is 1. The van der Waals surface area contributed by atoms with Crippen LogP contribution in [0.2, 0.25) is 5.02 Å². The molecule has 0 amide bonds. The van der Waals surface area contributed by atoms with Gasteiger partial charge in [-0.05, 0) is 18.9 Å². The number of nitrogens with zero attached hydrogens (tertiary/aromatic N) is 1. The monoisotopic (exact) mass is 393 g/mol. The Labute approximate surface area is 152 Å². The average Bonchev–Trinajstić information content (AvgIpc) is 2.99. The van der Waals surface area contributed by atoms with Gasteiger partial charge in [-0.3, -0.25) is 9.69 Å². The molecule has 3 heterocycles. The van der Waals surface area contributed by atoms with Crippen molar-refractivity contribution in [3.63, 3.8) is 0 Å². The molecule has 1 N–H and O–H groups in total. The van der Waals surface area contributed by atoms with Crippen molar-refractivity contribution in [2.24, 2.45) is 5.92 Å². The van der Waals surface area contributed by atoms with Crippen molar-refractivity contribution in [3.05, 3.63) is 22.8 Å². The summed E-state index contributed by atoms with van der Waals surface area (Å²) < 4.78 is 48.0. The second-order valence-electron chi connectivity index (χ2n) is 6.23. The van der Waals surface area contributed by atoms with Crippen LogP contribution >= 0.6 is 11.6 Å². The number of H-pyrrole nitrogens is 1. The van der Waals surface area contributed by atoms with E-state index in [9.17, 15) is 22.8 Å². The van der Waals surface area contributed by atoms with Gasteiger partial charge in [-0.1, -0.05) is 11.6 Å². The number of piperidine rings is 1. The van der Waals surface area contributed by atoms with Gasteiger partial charge in [0.25, 0.3) is 5.82 Å². The highest BCUT2D eigenvalue weighted by Crippen LogP contribution is 2.33. The lowest BCUT2D eigenvalue weighted by molar-refractivity contribution is -0.367. The first-order valence-electron chi connectivity index (χ1n) is 8.16. The van der Waals surface area contributed by atoms with Gasteiger partial charge in [0.2, 0.25) is 6.10 Å². The van der Waals surface area contributed by atoms with Gasteiger partial charge in [-0.2, -0.15) is 13.2 Å².